The van der Waals surface area contributed by atoms with Crippen molar-refractivity contribution in [2.24, 2.45) is 0 Å². The molecule has 2 amide bonds. The Labute approximate surface area is 162 Å². The van der Waals surface area contributed by atoms with Crippen molar-refractivity contribution in [1.29, 1.82) is 0 Å². The van der Waals surface area contributed by atoms with E-state index in [0.29, 0.717) is 22.8 Å². The molecule has 2 aromatic carbocycles. The van der Waals surface area contributed by atoms with E-state index in [1.807, 2.05) is 6.92 Å². The van der Waals surface area contributed by atoms with Crippen LogP contribution in [-0.4, -0.2) is 18.9 Å². The topological polar surface area (TPSA) is 67.4 Å². The first kappa shape index (κ1) is 20.1. The average molecular weight is 395 g/mol. The molecule has 138 valence electrons. The zero-order valence-electron chi connectivity index (χ0n) is 14.6. The van der Waals surface area contributed by atoms with Crippen LogP contribution in [0.2, 0.25) is 10.0 Å². The summed E-state index contributed by atoms with van der Waals surface area (Å²) in [6.07, 6.45) is 2.25. The highest BCUT2D eigenvalue weighted by molar-refractivity contribution is 6.36. The summed E-state index contributed by atoms with van der Waals surface area (Å²) in [6.45, 7) is 2.03. The van der Waals surface area contributed by atoms with E-state index in [1.165, 1.54) is 19.2 Å². The highest BCUT2D eigenvalue weighted by atomic mass is 35.5. The summed E-state index contributed by atoms with van der Waals surface area (Å²) in [5.74, 6) is -0.225. The van der Waals surface area contributed by atoms with E-state index in [4.69, 9.17) is 27.9 Å². The van der Waals surface area contributed by atoms with E-state index >= 15 is 0 Å². The number of hydrogen-bond acceptors (Lipinski definition) is 3. The maximum Gasteiger partial charge on any atom is 0.259 e. The van der Waals surface area contributed by atoms with Crippen LogP contribution in [0.4, 0.5) is 11.4 Å². The molecule has 7 heteroatoms. The molecule has 0 bridgehead atoms. The maximum absolute atomic E-state index is 12.6. The van der Waals surface area contributed by atoms with Gasteiger partial charge in [-0.25, -0.2) is 0 Å². The van der Waals surface area contributed by atoms with E-state index in [2.05, 4.69) is 10.6 Å². The number of ether oxygens (including phenoxy) is 1. The first-order chi connectivity index (χ1) is 12.4. The predicted octanol–water partition coefficient (Wildman–Crippen LogP) is 5.38. The number of hydrogen-bond donors (Lipinski definition) is 2. The molecule has 0 heterocycles. The van der Waals surface area contributed by atoms with E-state index in [0.717, 1.165) is 12.8 Å². The quantitative estimate of drug-likeness (QED) is 0.661. The largest absolute Gasteiger partial charge is 0.494 e. The van der Waals surface area contributed by atoms with Crippen molar-refractivity contribution in [1.82, 2.24) is 0 Å². The molecule has 0 aliphatic rings. The molecular weight excluding hydrogens is 375 g/mol. The highest BCUT2D eigenvalue weighted by Crippen LogP contribution is 2.32. The Bertz CT molecular complexity index is 809. The van der Waals surface area contributed by atoms with Crippen molar-refractivity contribution in [3.8, 4) is 5.75 Å². The molecule has 0 fully saturated rings. The maximum atomic E-state index is 12.6. The van der Waals surface area contributed by atoms with Crippen LogP contribution in [0.3, 0.4) is 0 Å². The van der Waals surface area contributed by atoms with Gasteiger partial charge in [-0.2, -0.15) is 0 Å². The average Bonchev–Trinajstić information content (AvgIpc) is 2.59. The Balaban J connectivity index is 2.15. The van der Waals surface area contributed by atoms with Gasteiger partial charge in [-0.05, 0) is 36.8 Å². The monoisotopic (exact) mass is 394 g/mol. The number of amides is 2. The molecule has 0 aromatic heterocycles. The standard InChI is InChI=1S/C19H20Cl2N2O3/c1-3-4-8-17(24)22-13-6-5-7-14(11-13)23-19(25)15-9-12(20)10-16(21)18(15)26-2/h5-7,9-11H,3-4,8H2,1-2H3,(H,22,24)(H,23,25). The molecule has 0 spiro atoms. The molecule has 0 saturated heterocycles. The molecule has 0 aliphatic heterocycles. The van der Waals surface area contributed by atoms with Crippen LogP contribution in [0, 0.1) is 0 Å². The lowest BCUT2D eigenvalue weighted by molar-refractivity contribution is -0.116. The summed E-state index contributed by atoms with van der Waals surface area (Å²) >= 11 is 12.1. The smallest absolute Gasteiger partial charge is 0.259 e. The Morgan fingerprint density at radius 2 is 1.77 bits per heavy atom. The number of halogens is 2. The number of carbonyl (C=O) groups is 2. The molecule has 2 aromatic rings. The second kappa shape index (κ2) is 9.46. The van der Waals surface area contributed by atoms with Crippen molar-refractivity contribution in [2.45, 2.75) is 26.2 Å². The third-order valence-electron chi connectivity index (χ3n) is 3.62. The zero-order valence-corrected chi connectivity index (χ0v) is 16.1. The van der Waals surface area contributed by atoms with Crippen molar-refractivity contribution in [3.05, 3.63) is 52.0 Å². The van der Waals surface area contributed by atoms with Gasteiger partial charge >= 0.3 is 0 Å². The molecule has 5 nitrogen and oxygen atoms in total. The lowest BCUT2D eigenvalue weighted by atomic mass is 10.1. The van der Waals surface area contributed by atoms with Gasteiger partial charge in [0.05, 0.1) is 17.7 Å². The fourth-order valence-corrected chi connectivity index (χ4v) is 2.94. The normalized spacial score (nSPS) is 10.3. The first-order valence-electron chi connectivity index (χ1n) is 8.19. The molecule has 0 saturated carbocycles. The second-order valence-electron chi connectivity index (χ2n) is 5.66. The Morgan fingerprint density at radius 1 is 1.08 bits per heavy atom. The van der Waals surface area contributed by atoms with Gasteiger partial charge in [0, 0.05) is 22.8 Å². The third-order valence-corrected chi connectivity index (χ3v) is 4.12. The lowest BCUT2D eigenvalue weighted by Gasteiger charge is -2.12. The summed E-state index contributed by atoms with van der Waals surface area (Å²) < 4.78 is 5.20. The number of carbonyl (C=O) groups excluding carboxylic acids is 2. The summed E-state index contributed by atoms with van der Waals surface area (Å²) in [4.78, 5) is 24.4. The molecule has 2 rings (SSSR count). The van der Waals surface area contributed by atoms with Gasteiger partial charge < -0.3 is 15.4 Å². The van der Waals surface area contributed by atoms with E-state index in [9.17, 15) is 9.59 Å². The van der Waals surface area contributed by atoms with Gasteiger partial charge in [-0.3, -0.25) is 9.59 Å². The van der Waals surface area contributed by atoms with Gasteiger partial charge in [0.2, 0.25) is 5.91 Å². The molecule has 0 unspecified atom stereocenters. The van der Waals surface area contributed by atoms with Gasteiger partial charge in [0.25, 0.3) is 5.91 Å². The number of rotatable bonds is 7. The minimum Gasteiger partial charge on any atom is -0.494 e. The summed E-state index contributed by atoms with van der Waals surface area (Å²) in [6, 6.07) is 9.89. The fourth-order valence-electron chi connectivity index (χ4n) is 2.37. The zero-order chi connectivity index (χ0) is 19.1. The second-order valence-corrected chi connectivity index (χ2v) is 6.50. The molecule has 0 radical (unpaired) electrons. The van der Waals surface area contributed by atoms with Gasteiger partial charge in [0.15, 0.2) is 0 Å². The number of benzene rings is 2. The van der Waals surface area contributed by atoms with Crippen LogP contribution in [0.1, 0.15) is 36.5 Å². The number of unbranched alkanes of at least 4 members (excludes halogenated alkanes) is 1. The van der Waals surface area contributed by atoms with E-state index in [-0.39, 0.29) is 22.2 Å². The minimum absolute atomic E-state index is 0.0568. The Kier molecular flexibility index (Phi) is 7.30. The van der Waals surface area contributed by atoms with Crippen molar-refractivity contribution in [3.63, 3.8) is 0 Å². The van der Waals surface area contributed by atoms with Crippen LogP contribution in [0.5, 0.6) is 5.75 Å². The molecule has 2 N–H and O–H groups in total. The molecule has 0 atom stereocenters. The van der Waals surface area contributed by atoms with Crippen molar-refractivity contribution >= 4 is 46.4 Å². The molecule has 0 aliphatic carbocycles. The minimum atomic E-state index is -0.416. The van der Waals surface area contributed by atoms with Crippen LogP contribution >= 0.6 is 23.2 Å². The summed E-state index contributed by atoms with van der Waals surface area (Å²) in [5.41, 5.74) is 1.36. The van der Waals surface area contributed by atoms with Crippen LogP contribution in [0.15, 0.2) is 36.4 Å². The first-order valence-corrected chi connectivity index (χ1v) is 8.94. The Morgan fingerprint density at radius 3 is 2.42 bits per heavy atom. The summed E-state index contributed by atoms with van der Waals surface area (Å²) in [7, 11) is 1.43. The highest BCUT2D eigenvalue weighted by Gasteiger charge is 2.17. The molecule has 26 heavy (non-hydrogen) atoms. The van der Waals surface area contributed by atoms with Gasteiger partial charge in [-0.15, -0.1) is 0 Å². The van der Waals surface area contributed by atoms with E-state index in [1.54, 1.807) is 24.3 Å². The van der Waals surface area contributed by atoms with E-state index < -0.39 is 5.91 Å². The number of methoxy groups -OCH3 is 1. The van der Waals surface area contributed by atoms with Gasteiger partial charge in [0.1, 0.15) is 5.75 Å². The van der Waals surface area contributed by atoms with Crippen LogP contribution < -0.4 is 15.4 Å². The van der Waals surface area contributed by atoms with Gasteiger partial charge in [-0.1, -0.05) is 42.6 Å². The molecular formula is C19H20Cl2N2O3. The van der Waals surface area contributed by atoms with Crippen molar-refractivity contribution in [2.75, 3.05) is 17.7 Å². The number of anilines is 2. The Hall–Kier alpha value is -2.24. The van der Waals surface area contributed by atoms with Crippen LogP contribution in [0.25, 0.3) is 0 Å². The summed E-state index contributed by atoms with van der Waals surface area (Å²) in [5, 5.41) is 6.15. The SMILES string of the molecule is CCCCC(=O)Nc1cccc(NC(=O)c2cc(Cl)cc(Cl)c2OC)c1. The number of nitrogens with one attached hydrogen (secondary N) is 2. The predicted molar refractivity (Wildman–Crippen MR) is 106 cm³/mol. The van der Waals surface area contributed by atoms with Crippen molar-refractivity contribution < 1.29 is 14.3 Å². The lowest BCUT2D eigenvalue weighted by Crippen LogP contribution is -2.14. The third kappa shape index (κ3) is 5.38. The fraction of sp³-hybridized carbons (Fsp3) is 0.263. The van der Waals surface area contributed by atoms with Crippen LogP contribution in [-0.2, 0) is 4.79 Å².